The molecular formula is C17H23NO7S. The summed E-state index contributed by atoms with van der Waals surface area (Å²) < 4.78 is 39.3. The van der Waals surface area contributed by atoms with Crippen LogP contribution in [-0.4, -0.2) is 66.0 Å². The highest BCUT2D eigenvalue weighted by atomic mass is 32.2. The largest absolute Gasteiger partial charge is 0.464 e. The molecule has 0 aliphatic carbocycles. The van der Waals surface area contributed by atoms with Gasteiger partial charge in [0.25, 0.3) is 0 Å². The van der Waals surface area contributed by atoms with E-state index in [1.54, 1.807) is 0 Å². The lowest BCUT2D eigenvalue weighted by atomic mass is 10.1. The number of sulfone groups is 1. The average molecular weight is 385 g/mol. The highest BCUT2D eigenvalue weighted by Gasteiger charge is 2.21. The summed E-state index contributed by atoms with van der Waals surface area (Å²) in [5, 5.41) is 3.90. The second-order valence-corrected chi connectivity index (χ2v) is 7.82. The van der Waals surface area contributed by atoms with Crippen LogP contribution >= 0.6 is 0 Å². The van der Waals surface area contributed by atoms with E-state index in [0.717, 1.165) is 0 Å². The van der Waals surface area contributed by atoms with E-state index in [2.05, 4.69) is 5.16 Å². The van der Waals surface area contributed by atoms with Gasteiger partial charge in [0.15, 0.2) is 21.7 Å². The summed E-state index contributed by atoms with van der Waals surface area (Å²) in [7, 11) is -0.646. The fourth-order valence-corrected chi connectivity index (χ4v) is 3.64. The van der Waals surface area contributed by atoms with E-state index in [-0.39, 0.29) is 22.5 Å². The molecule has 144 valence electrons. The first-order chi connectivity index (χ1) is 12.5. The van der Waals surface area contributed by atoms with Crippen LogP contribution in [0.5, 0.6) is 0 Å². The fourth-order valence-electron chi connectivity index (χ4n) is 2.36. The number of oxime groups is 1. The number of carbonyl (C=O) groups is 1. The fraction of sp³-hybridized carbons (Fsp3) is 0.529. The van der Waals surface area contributed by atoms with Crippen LogP contribution in [0.3, 0.4) is 0 Å². The van der Waals surface area contributed by atoms with E-state index in [1.807, 2.05) is 0 Å². The Morgan fingerprint density at radius 3 is 2.58 bits per heavy atom. The smallest absolute Gasteiger partial charge is 0.360 e. The van der Waals surface area contributed by atoms with Crippen molar-refractivity contribution in [3.8, 4) is 0 Å². The van der Waals surface area contributed by atoms with E-state index in [4.69, 9.17) is 19.0 Å². The number of ether oxygens (including phenoxy) is 3. The second kappa shape index (κ2) is 9.65. The molecule has 0 amide bonds. The van der Waals surface area contributed by atoms with Crippen molar-refractivity contribution in [2.24, 2.45) is 5.16 Å². The molecule has 8 nitrogen and oxygen atoms in total. The number of nitrogens with zero attached hydrogens (tertiary/aromatic N) is 1. The third-order valence-electron chi connectivity index (χ3n) is 3.81. The normalized spacial score (nSPS) is 17.9. The third kappa shape index (κ3) is 5.52. The zero-order valence-corrected chi connectivity index (χ0v) is 15.7. The van der Waals surface area contributed by atoms with Gasteiger partial charge in [0, 0.05) is 25.7 Å². The zero-order chi connectivity index (χ0) is 19.0. The van der Waals surface area contributed by atoms with Crippen molar-refractivity contribution in [1.29, 1.82) is 0 Å². The minimum Gasteiger partial charge on any atom is -0.464 e. The molecule has 0 unspecified atom stereocenters. The van der Waals surface area contributed by atoms with Gasteiger partial charge in [0.05, 0.1) is 31.0 Å². The maximum atomic E-state index is 12.3. The summed E-state index contributed by atoms with van der Waals surface area (Å²) in [5.74, 6) is -0.678. The molecule has 0 radical (unpaired) electrons. The van der Waals surface area contributed by atoms with Crippen molar-refractivity contribution >= 4 is 21.5 Å². The Labute approximate surface area is 153 Å². The Kier molecular flexibility index (Phi) is 7.55. The van der Waals surface area contributed by atoms with Gasteiger partial charge in [-0.2, -0.15) is 0 Å². The van der Waals surface area contributed by atoms with Crippen molar-refractivity contribution in [3.63, 3.8) is 0 Å². The minimum absolute atomic E-state index is 0.0110. The van der Waals surface area contributed by atoms with Crippen LogP contribution in [0.4, 0.5) is 0 Å². The Balaban J connectivity index is 2.16. The Bertz CT molecular complexity index is 722. The van der Waals surface area contributed by atoms with Crippen molar-refractivity contribution in [1.82, 2.24) is 0 Å². The molecule has 1 aromatic carbocycles. The van der Waals surface area contributed by atoms with Crippen LogP contribution in [-0.2, 0) is 33.7 Å². The predicted octanol–water partition coefficient (Wildman–Crippen LogP) is 1.18. The monoisotopic (exact) mass is 385 g/mol. The first kappa shape index (κ1) is 20.3. The number of carbonyl (C=O) groups excluding carboxylic acids is 1. The summed E-state index contributed by atoms with van der Waals surface area (Å²) >= 11 is 0. The molecular weight excluding hydrogens is 362 g/mol. The molecule has 0 saturated carbocycles. The molecule has 0 N–H and O–H groups in total. The lowest BCUT2D eigenvalue weighted by molar-refractivity contribution is -0.132. The topological polar surface area (TPSA) is 100 Å². The standard InChI is InChI=1S/C17H23NO7S/c1-22-9-3-11-26(20,21)15-6-4-13(5-7-15)16(17(19)23-2)18-25-14-8-10-24-12-14/h4-7,14H,3,8-12H2,1-2H3/t14-/m1/s1. The molecule has 1 atom stereocenters. The molecule has 0 spiro atoms. The highest BCUT2D eigenvalue weighted by Crippen LogP contribution is 2.16. The summed E-state index contributed by atoms with van der Waals surface area (Å²) in [6.07, 6.45) is 0.888. The quantitative estimate of drug-likeness (QED) is 0.272. The molecule has 1 aliphatic heterocycles. The molecule has 1 aromatic rings. The minimum atomic E-state index is -3.41. The van der Waals surface area contributed by atoms with E-state index in [1.165, 1.54) is 38.5 Å². The van der Waals surface area contributed by atoms with Crippen molar-refractivity contribution in [2.75, 3.05) is 39.8 Å². The van der Waals surface area contributed by atoms with Gasteiger partial charge in [-0.3, -0.25) is 0 Å². The Hall–Kier alpha value is -1.97. The second-order valence-electron chi connectivity index (χ2n) is 5.71. The lowest BCUT2D eigenvalue weighted by Crippen LogP contribution is -2.20. The van der Waals surface area contributed by atoms with Crippen LogP contribution in [0.15, 0.2) is 34.3 Å². The van der Waals surface area contributed by atoms with Crippen LogP contribution in [0, 0.1) is 0 Å². The molecule has 1 heterocycles. The molecule has 1 fully saturated rings. The molecule has 9 heteroatoms. The van der Waals surface area contributed by atoms with E-state index in [9.17, 15) is 13.2 Å². The summed E-state index contributed by atoms with van der Waals surface area (Å²) in [6, 6.07) is 5.89. The van der Waals surface area contributed by atoms with Crippen molar-refractivity contribution in [2.45, 2.75) is 23.8 Å². The molecule has 1 aliphatic rings. The van der Waals surface area contributed by atoms with E-state index in [0.29, 0.717) is 38.2 Å². The molecule has 0 aromatic heterocycles. The number of hydrogen-bond acceptors (Lipinski definition) is 8. The van der Waals surface area contributed by atoms with Crippen molar-refractivity contribution < 1.29 is 32.3 Å². The first-order valence-electron chi connectivity index (χ1n) is 8.20. The Morgan fingerprint density at radius 1 is 1.27 bits per heavy atom. The van der Waals surface area contributed by atoms with Gasteiger partial charge in [-0.1, -0.05) is 17.3 Å². The first-order valence-corrected chi connectivity index (χ1v) is 9.85. The molecule has 1 saturated heterocycles. The molecule has 0 bridgehead atoms. The van der Waals surface area contributed by atoms with Crippen LogP contribution in [0.25, 0.3) is 0 Å². The third-order valence-corrected chi connectivity index (χ3v) is 5.62. The molecule has 2 rings (SSSR count). The van der Waals surface area contributed by atoms with Gasteiger partial charge in [-0.05, 0) is 18.6 Å². The van der Waals surface area contributed by atoms with Gasteiger partial charge < -0.3 is 19.0 Å². The van der Waals surface area contributed by atoms with E-state index >= 15 is 0 Å². The van der Waals surface area contributed by atoms with Crippen LogP contribution in [0.1, 0.15) is 18.4 Å². The van der Waals surface area contributed by atoms with Crippen LogP contribution < -0.4 is 0 Å². The number of esters is 1. The number of methoxy groups -OCH3 is 2. The average Bonchev–Trinajstić information content (AvgIpc) is 3.15. The number of benzene rings is 1. The van der Waals surface area contributed by atoms with Gasteiger partial charge in [0.1, 0.15) is 0 Å². The highest BCUT2D eigenvalue weighted by molar-refractivity contribution is 7.91. The summed E-state index contributed by atoms with van der Waals surface area (Å²) in [5.41, 5.74) is 0.384. The van der Waals surface area contributed by atoms with Crippen LogP contribution in [0.2, 0.25) is 0 Å². The van der Waals surface area contributed by atoms with Gasteiger partial charge in [0.2, 0.25) is 0 Å². The van der Waals surface area contributed by atoms with E-state index < -0.39 is 15.8 Å². The van der Waals surface area contributed by atoms with Gasteiger partial charge in [-0.25, -0.2) is 13.2 Å². The summed E-state index contributed by atoms with van der Waals surface area (Å²) in [4.78, 5) is 17.5. The molecule has 26 heavy (non-hydrogen) atoms. The SMILES string of the molecule is COCCCS(=O)(=O)c1ccc(C(=NO[C@@H]2CCOC2)C(=O)OC)cc1. The maximum absolute atomic E-state index is 12.3. The summed E-state index contributed by atoms with van der Waals surface area (Å²) in [6.45, 7) is 1.37. The number of hydrogen-bond donors (Lipinski definition) is 0. The zero-order valence-electron chi connectivity index (χ0n) is 14.8. The lowest BCUT2D eigenvalue weighted by Gasteiger charge is -2.09. The van der Waals surface area contributed by atoms with Crippen molar-refractivity contribution in [3.05, 3.63) is 29.8 Å². The predicted molar refractivity (Wildman–Crippen MR) is 93.8 cm³/mol. The number of rotatable bonds is 9. The Morgan fingerprint density at radius 2 is 2.00 bits per heavy atom. The maximum Gasteiger partial charge on any atom is 0.360 e. The van der Waals surface area contributed by atoms with Gasteiger partial charge in [-0.15, -0.1) is 0 Å². The van der Waals surface area contributed by atoms with Gasteiger partial charge >= 0.3 is 5.97 Å².